The number of carbonyl (C=O) groups excluding carboxylic acids is 1. The number of rotatable bonds is 6. The third kappa shape index (κ3) is 3.93. The normalized spacial score (nSPS) is 16.0. The summed E-state index contributed by atoms with van der Waals surface area (Å²) in [6.07, 6.45) is 7.35. The Morgan fingerprint density at radius 1 is 1.42 bits per heavy atom. The largest absolute Gasteiger partial charge is 0.338 e. The fraction of sp³-hybridized carbons (Fsp3) is 0.444. The average Bonchev–Trinajstić information content (AvgIpc) is 3.14. The summed E-state index contributed by atoms with van der Waals surface area (Å²) >= 11 is 0. The zero-order valence-corrected chi connectivity index (χ0v) is 13.9. The number of hydrogen-bond donors (Lipinski definition) is 2. The van der Waals surface area contributed by atoms with Crippen LogP contribution < -0.4 is 10.6 Å². The van der Waals surface area contributed by atoms with Crippen LogP contribution in [0.1, 0.15) is 42.3 Å². The molecule has 0 spiro atoms. The van der Waals surface area contributed by atoms with Gasteiger partial charge in [0.15, 0.2) is 0 Å². The number of aryl methyl sites for hydroxylation is 3. The van der Waals surface area contributed by atoms with Crippen molar-refractivity contribution in [2.45, 2.75) is 45.2 Å². The smallest absolute Gasteiger partial charge is 0.315 e. The van der Waals surface area contributed by atoms with E-state index in [0.29, 0.717) is 6.54 Å². The number of halogens is 1. The zero-order chi connectivity index (χ0) is 16.9. The molecule has 1 aliphatic rings. The van der Waals surface area contributed by atoms with Crippen molar-refractivity contribution >= 4 is 6.03 Å². The molecule has 5 nitrogen and oxygen atoms in total. The number of amides is 2. The third-order valence-corrected chi connectivity index (χ3v) is 4.53. The van der Waals surface area contributed by atoms with Crippen LogP contribution in [-0.2, 0) is 13.0 Å². The fourth-order valence-corrected chi connectivity index (χ4v) is 3.18. The number of aromatic nitrogens is 2. The number of imidazole rings is 1. The van der Waals surface area contributed by atoms with E-state index < -0.39 is 0 Å². The van der Waals surface area contributed by atoms with Crippen LogP contribution >= 0.6 is 0 Å². The summed E-state index contributed by atoms with van der Waals surface area (Å²) < 4.78 is 15.5. The van der Waals surface area contributed by atoms with Gasteiger partial charge in [-0.15, -0.1) is 0 Å². The predicted octanol–water partition coefficient (Wildman–Crippen LogP) is 3.10. The quantitative estimate of drug-likeness (QED) is 0.800. The van der Waals surface area contributed by atoms with Gasteiger partial charge < -0.3 is 15.2 Å². The van der Waals surface area contributed by atoms with Crippen LogP contribution in [0.25, 0.3) is 0 Å². The number of fused-ring (bicyclic) bond motifs is 1. The van der Waals surface area contributed by atoms with E-state index in [9.17, 15) is 9.18 Å². The van der Waals surface area contributed by atoms with E-state index in [2.05, 4.69) is 20.2 Å². The number of carbonyl (C=O) groups is 1. The molecule has 2 aromatic rings. The van der Waals surface area contributed by atoms with Gasteiger partial charge in [0, 0.05) is 25.5 Å². The van der Waals surface area contributed by atoms with E-state index in [1.54, 1.807) is 6.20 Å². The molecular weight excluding hydrogens is 307 g/mol. The Morgan fingerprint density at radius 3 is 3.08 bits per heavy atom. The Balaban J connectivity index is 1.38. The standard InChI is InChI=1S/C18H23FN4O/c1-13-20-9-11-23(13)10-3-2-8-21-18(24)22-17-7-5-14-4-6-15(19)12-16(14)17/h4,6,9,11-12,17H,2-3,5,7-8,10H2,1H3,(H2,21,22,24)/t17-/m1/s1. The van der Waals surface area contributed by atoms with Crippen LogP contribution in [0.5, 0.6) is 0 Å². The lowest BCUT2D eigenvalue weighted by atomic mass is 10.1. The van der Waals surface area contributed by atoms with Gasteiger partial charge in [-0.25, -0.2) is 14.2 Å². The SMILES string of the molecule is Cc1nccn1CCCCNC(=O)N[C@@H]1CCc2ccc(F)cc21. The molecule has 0 saturated carbocycles. The van der Waals surface area contributed by atoms with Crippen molar-refractivity contribution in [2.75, 3.05) is 6.54 Å². The first-order chi connectivity index (χ1) is 11.6. The van der Waals surface area contributed by atoms with Crippen molar-refractivity contribution in [3.63, 3.8) is 0 Å². The van der Waals surface area contributed by atoms with Crippen LogP contribution in [0.4, 0.5) is 9.18 Å². The van der Waals surface area contributed by atoms with Gasteiger partial charge in [-0.3, -0.25) is 0 Å². The molecule has 0 aliphatic heterocycles. The summed E-state index contributed by atoms with van der Waals surface area (Å²) in [4.78, 5) is 16.2. The topological polar surface area (TPSA) is 59.0 Å². The Morgan fingerprint density at radius 2 is 2.29 bits per heavy atom. The van der Waals surface area contributed by atoms with E-state index in [-0.39, 0.29) is 17.9 Å². The molecule has 24 heavy (non-hydrogen) atoms. The maximum Gasteiger partial charge on any atom is 0.315 e. The van der Waals surface area contributed by atoms with Gasteiger partial charge in [-0.1, -0.05) is 6.07 Å². The minimum absolute atomic E-state index is 0.0932. The van der Waals surface area contributed by atoms with E-state index in [0.717, 1.165) is 49.2 Å². The van der Waals surface area contributed by atoms with Gasteiger partial charge in [0.1, 0.15) is 11.6 Å². The predicted molar refractivity (Wildman–Crippen MR) is 90.2 cm³/mol. The highest BCUT2D eigenvalue weighted by atomic mass is 19.1. The first-order valence-corrected chi connectivity index (χ1v) is 8.44. The van der Waals surface area contributed by atoms with E-state index in [1.807, 2.05) is 19.2 Å². The van der Waals surface area contributed by atoms with Crippen LogP contribution in [0.15, 0.2) is 30.6 Å². The molecule has 0 radical (unpaired) electrons. The number of hydrogen-bond acceptors (Lipinski definition) is 2. The summed E-state index contributed by atoms with van der Waals surface area (Å²) in [7, 11) is 0. The van der Waals surface area contributed by atoms with Crippen LogP contribution in [0.3, 0.4) is 0 Å². The third-order valence-electron chi connectivity index (χ3n) is 4.53. The maximum absolute atomic E-state index is 13.4. The van der Waals surface area contributed by atoms with Crippen molar-refractivity contribution in [2.24, 2.45) is 0 Å². The molecule has 2 N–H and O–H groups in total. The molecule has 6 heteroatoms. The Bertz CT molecular complexity index is 713. The zero-order valence-electron chi connectivity index (χ0n) is 13.9. The summed E-state index contributed by atoms with van der Waals surface area (Å²) in [6, 6.07) is 4.53. The summed E-state index contributed by atoms with van der Waals surface area (Å²) in [6.45, 7) is 3.51. The van der Waals surface area contributed by atoms with Crippen molar-refractivity contribution in [3.05, 3.63) is 53.4 Å². The molecule has 0 unspecified atom stereocenters. The Kier molecular flexibility index (Phi) is 5.13. The molecule has 1 atom stereocenters. The van der Waals surface area contributed by atoms with Gasteiger partial charge in [0.2, 0.25) is 0 Å². The number of nitrogens with zero attached hydrogens (tertiary/aromatic N) is 2. The number of urea groups is 1. The lowest BCUT2D eigenvalue weighted by Crippen LogP contribution is -2.37. The second-order valence-electron chi connectivity index (χ2n) is 6.21. The molecule has 1 heterocycles. The monoisotopic (exact) mass is 330 g/mol. The van der Waals surface area contributed by atoms with Crippen molar-refractivity contribution in [1.82, 2.24) is 20.2 Å². The molecule has 1 aromatic heterocycles. The van der Waals surface area contributed by atoms with Crippen molar-refractivity contribution in [1.29, 1.82) is 0 Å². The molecular formula is C18H23FN4O. The first kappa shape index (κ1) is 16.5. The van der Waals surface area contributed by atoms with Crippen LogP contribution in [0, 0.1) is 12.7 Å². The highest BCUT2D eigenvalue weighted by molar-refractivity contribution is 5.74. The lowest BCUT2D eigenvalue weighted by molar-refractivity contribution is 0.236. The van der Waals surface area contributed by atoms with E-state index >= 15 is 0 Å². The highest BCUT2D eigenvalue weighted by Crippen LogP contribution is 2.31. The van der Waals surface area contributed by atoms with Crippen molar-refractivity contribution in [3.8, 4) is 0 Å². The minimum atomic E-state index is -0.252. The molecule has 1 aliphatic carbocycles. The Hall–Kier alpha value is -2.37. The number of benzene rings is 1. The summed E-state index contributed by atoms with van der Waals surface area (Å²) in [5.41, 5.74) is 2.03. The maximum atomic E-state index is 13.4. The second kappa shape index (κ2) is 7.47. The van der Waals surface area contributed by atoms with Crippen molar-refractivity contribution < 1.29 is 9.18 Å². The highest BCUT2D eigenvalue weighted by Gasteiger charge is 2.24. The second-order valence-corrected chi connectivity index (χ2v) is 6.21. The van der Waals surface area contributed by atoms with E-state index in [1.165, 1.54) is 12.1 Å². The van der Waals surface area contributed by atoms with Gasteiger partial charge in [-0.05, 0) is 55.9 Å². The van der Waals surface area contributed by atoms with Gasteiger partial charge in [0.25, 0.3) is 0 Å². The molecule has 0 fully saturated rings. The molecule has 2 amide bonds. The van der Waals surface area contributed by atoms with Gasteiger partial charge >= 0.3 is 6.03 Å². The van der Waals surface area contributed by atoms with Gasteiger partial charge in [0.05, 0.1) is 6.04 Å². The molecule has 1 aromatic carbocycles. The van der Waals surface area contributed by atoms with Gasteiger partial charge in [-0.2, -0.15) is 0 Å². The molecule has 128 valence electrons. The van der Waals surface area contributed by atoms with E-state index in [4.69, 9.17) is 0 Å². The Labute approximate surface area is 141 Å². The number of nitrogens with one attached hydrogen (secondary N) is 2. The van der Waals surface area contributed by atoms with Crippen LogP contribution in [-0.4, -0.2) is 22.1 Å². The number of unbranched alkanes of at least 4 members (excludes halogenated alkanes) is 1. The minimum Gasteiger partial charge on any atom is -0.338 e. The molecule has 0 bridgehead atoms. The fourth-order valence-electron chi connectivity index (χ4n) is 3.18. The lowest BCUT2D eigenvalue weighted by Gasteiger charge is -2.15. The average molecular weight is 330 g/mol. The summed E-state index contributed by atoms with van der Waals surface area (Å²) in [5.74, 6) is 0.755. The molecule has 0 saturated heterocycles. The molecule has 3 rings (SSSR count). The summed E-state index contributed by atoms with van der Waals surface area (Å²) in [5, 5.41) is 5.82. The van der Waals surface area contributed by atoms with Crippen LogP contribution in [0.2, 0.25) is 0 Å². The first-order valence-electron chi connectivity index (χ1n) is 8.44.